The van der Waals surface area contributed by atoms with Crippen LogP contribution in [0, 0.1) is 5.92 Å². The zero-order chi connectivity index (χ0) is 12.2. The lowest BCUT2D eigenvalue weighted by molar-refractivity contribution is -0.139. The van der Waals surface area contributed by atoms with Crippen molar-refractivity contribution in [3.05, 3.63) is 0 Å². The number of halogens is 3. The minimum atomic E-state index is -4.05. The summed E-state index contributed by atoms with van der Waals surface area (Å²) < 4.78 is 36.5. The van der Waals surface area contributed by atoms with Crippen molar-refractivity contribution in [3.63, 3.8) is 0 Å². The Hall–Kier alpha value is -0.290. The molecule has 1 saturated heterocycles. The number of alkyl halides is 3. The van der Waals surface area contributed by atoms with E-state index in [4.69, 9.17) is 5.73 Å². The van der Waals surface area contributed by atoms with Crippen molar-refractivity contribution in [2.75, 3.05) is 19.6 Å². The van der Waals surface area contributed by atoms with Crippen LogP contribution in [-0.4, -0.2) is 36.8 Å². The third-order valence-electron chi connectivity index (χ3n) is 3.51. The Kier molecular flexibility index (Phi) is 5.05. The van der Waals surface area contributed by atoms with E-state index in [9.17, 15) is 13.2 Å². The summed E-state index contributed by atoms with van der Waals surface area (Å²) in [5, 5.41) is 0. The largest absolute Gasteiger partial charge is 0.390 e. The van der Waals surface area contributed by atoms with Gasteiger partial charge in [-0.1, -0.05) is 6.42 Å². The van der Waals surface area contributed by atoms with Gasteiger partial charge in [0, 0.05) is 12.6 Å². The predicted molar refractivity (Wildman–Crippen MR) is 58.1 cm³/mol. The van der Waals surface area contributed by atoms with Gasteiger partial charge in [0.15, 0.2) is 0 Å². The van der Waals surface area contributed by atoms with E-state index in [1.54, 1.807) is 0 Å². The standard InChI is InChI=1S/C11H21F3N2/c1-9-10(8-15)4-2-3-6-16(9)7-5-11(12,13)14/h9-10H,2-8,15H2,1H3/t9-,10-/m1/s1. The number of nitrogens with two attached hydrogens (primary N) is 1. The van der Waals surface area contributed by atoms with Crippen LogP contribution in [0.5, 0.6) is 0 Å². The molecule has 0 aliphatic carbocycles. The van der Waals surface area contributed by atoms with Crippen LogP contribution in [0.2, 0.25) is 0 Å². The lowest BCUT2D eigenvalue weighted by atomic mass is 9.96. The second-order valence-electron chi connectivity index (χ2n) is 4.63. The van der Waals surface area contributed by atoms with E-state index in [2.05, 4.69) is 0 Å². The lowest BCUT2D eigenvalue weighted by Crippen LogP contribution is -2.41. The van der Waals surface area contributed by atoms with Gasteiger partial charge in [0.1, 0.15) is 0 Å². The molecule has 16 heavy (non-hydrogen) atoms. The van der Waals surface area contributed by atoms with Gasteiger partial charge in [-0.15, -0.1) is 0 Å². The number of likely N-dealkylation sites (tertiary alicyclic amines) is 1. The van der Waals surface area contributed by atoms with E-state index in [1.165, 1.54) is 0 Å². The highest BCUT2D eigenvalue weighted by Gasteiger charge is 2.31. The molecule has 0 aromatic carbocycles. The normalized spacial score (nSPS) is 29.1. The SMILES string of the molecule is C[C@@H]1[C@@H](CN)CCCCN1CCC(F)(F)F. The summed E-state index contributed by atoms with van der Waals surface area (Å²) in [6.07, 6.45) is -1.66. The summed E-state index contributed by atoms with van der Waals surface area (Å²) in [5.41, 5.74) is 5.66. The molecule has 2 atom stereocenters. The lowest BCUT2D eigenvalue weighted by Gasteiger charge is -2.32. The fourth-order valence-electron chi connectivity index (χ4n) is 2.37. The first-order valence-electron chi connectivity index (χ1n) is 5.95. The highest BCUT2D eigenvalue weighted by molar-refractivity contribution is 4.80. The first-order valence-corrected chi connectivity index (χ1v) is 5.95. The van der Waals surface area contributed by atoms with E-state index in [-0.39, 0.29) is 12.6 Å². The Balaban J connectivity index is 2.49. The Labute approximate surface area is 95.0 Å². The number of hydrogen-bond acceptors (Lipinski definition) is 2. The average molecular weight is 238 g/mol. The van der Waals surface area contributed by atoms with Crippen molar-refractivity contribution in [3.8, 4) is 0 Å². The van der Waals surface area contributed by atoms with Gasteiger partial charge in [-0.25, -0.2) is 0 Å². The van der Waals surface area contributed by atoms with Crippen LogP contribution in [0.4, 0.5) is 13.2 Å². The van der Waals surface area contributed by atoms with Crippen molar-refractivity contribution < 1.29 is 13.2 Å². The Morgan fingerprint density at radius 3 is 2.56 bits per heavy atom. The van der Waals surface area contributed by atoms with Gasteiger partial charge in [0.2, 0.25) is 0 Å². The highest BCUT2D eigenvalue weighted by Crippen LogP contribution is 2.25. The zero-order valence-corrected chi connectivity index (χ0v) is 9.76. The second-order valence-corrected chi connectivity index (χ2v) is 4.63. The molecule has 96 valence electrons. The maximum absolute atomic E-state index is 12.2. The number of nitrogens with zero attached hydrogens (tertiary/aromatic N) is 1. The first kappa shape index (κ1) is 13.8. The Bertz CT molecular complexity index is 206. The molecule has 2 nitrogen and oxygen atoms in total. The smallest absolute Gasteiger partial charge is 0.330 e. The van der Waals surface area contributed by atoms with Crippen molar-refractivity contribution in [1.82, 2.24) is 4.90 Å². The van der Waals surface area contributed by atoms with Crippen LogP contribution in [0.25, 0.3) is 0 Å². The third-order valence-corrected chi connectivity index (χ3v) is 3.51. The highest BCUT2D eigenvalue weighted by atomic mass is 19.4. The van der Waals surface area contributed by atoms with E-state index in [0.717, 1.165) is 25.8 Å². The molecular weight excluding hydrogens is 217 g/mol. The molecule has 0 bridgehead atoms. The fourth-order valence-corrected chi connectivity index (χ4v) is 2.37. The number of hydrogen-bond donors (Lipinski definition) is 1. The molecular formula is C11H21F3N2. The van der Waals surface area contributed by atoms with E-state index < -0.39 is 12.6 Å². The second kappa shape index (κ2) is 5.87. The molecule has 0 saturated carbocycles. The van der Waals surface area contributed by atoms with Gasteiger partial charge in [-0.3, -0.25) is 0 Å². The molecule has 5 heteroatoms. The molecule has 0 aromatic rings. The predicted octanol–water partition coefficient (Wildman–Crippen LogP) is 2.39. The van der Waals surface area contributed by atoms with Crippen molar-refractivity contribution >= 4 is 0 Å². The van der Waals surface area contributed by atoms with Gasteiger partial charge < -0.3 is 10.6 Å². The van der Waals surface area contributed by atoms with Crippen LogP contribution in [-0.2, 0) is 0 Å². The molecule has 0 amide bonds. The van der Waals surface area contributed by atoms with Crippen LogP contribution in [0.3, 0.4) is 0 Å². The zero-order valence-electron chi connectivity index (χ0n) is 9.76. The molecule has 0 unspecified atom stereocenters. The quantitative estimate of drug-likeness (QED) is 0.818. The van der Waals surface area contributed by atoms with Gasteiger partial charge in [-0.2, -0.15) is 13.2 Å². The van der Waals surface area contributed by atoms with Crippen molar-refractivity contribution in [2.24, 2.45) is 11.7 Å². The van der Waals surface area contributed by atoms with Gasteiger partial charge in [-0.05, 0) is 38.8 Å². The molecule has 1 aliphatic rings. The summed E-state index contributed by atoms with van der Waals surface area (Å²) in [6, 6.07) is 0.176. The molecule has 1 aliphatic heterocycles. The summed E-state index contributed by atoms with van der Waals surface area (Å²) in [4.78, 5) is 1.94. The molecule has 1 fully saturated rings. The molecule has 0 aromatic heterocycles. The molecule has 1 rings (SSSR count). The minimum absolute atomic E-state index is 0.112. The average Bonchev–Trinajstić information content (AvgIpc) is 2.36. The third kappa shape index (κ3) is 4.29. The van der Waals surface area contributed by atoms with Gasteiger partial charge >= 0.3 is 6.18 Å². The van der Waals surface area contributed by atoms with Gasteiger partial charge in [0.25, 0.3) is 0 Å². The van der Waals surface area contributed by atoms with Crippen LogP contribution in [0.15, 0.2) is 0 Å². The van der Waals surface area contributed by atoms with E-state index >= 15 is 0 Å². The van der Waals surface area contributed by atoms with Gasteiger partial charge in [0.05, 0.1) is 6.42 Å². The summed E-state index contributed by atoms with van der Waals surface area (Å²) in [7, 11) is 0. The first-order chi connectivity index (χ1) is 7.44. The topological polar surface area (TPSA) is 29.3 Å². The summed E-state index contributed by atoms with van der Waals surface area (Å²) in [5.74, 6) is 0.343. The van der Waals surface area contributed by atoms with Crippen molar-refractivity contribution in [2.45, 2.75) is 44.8 Å². The van der Waals surface area contributed by atoms with Crippen molar-refractivity contribution in [1.29, 1.82) is 0 Å². The molecule has 0 spiro atoms. The monoisotopic (exact) mass is 238 g/mol. The molecule has 1 heterocycles. The Morgan fingerprint density at radius 2 is 2.00 bits per heavy atom. The van der Waals surface area contributed by atoms with E-state index in [0.29, 0.717) is 12.5 Å². The number of rotatable bonds is 3. The Morgan fingerprint density at radius 1 is 1.31 bits per heavy atom. The minimum Gasteiger partial charge on any atom is -0.330 e. The summed E-state index contributed by atoms with van der Waals surface area (Å²) in [6.45, 7) is 3.46. The molecule has 0 radical (unpaired) electrons. The van der Waals surface area contributed by atoms with E-state index in [1.807, 2.05) is 11.8 Å². The van der Waals surface area contributed by atoms with Crippen LogP contribution < -0.4 is 5.73 Å². The maximum atomic E-state index is 12.2. The summed E-state index contributed by atoms with van der Waals surface area (Å²) >= 11 is 0. The maximum Gasteiger partial charge on any atom is 0.390 e. The van der Waals surface area contributed by atoms with Crippen LogP contribution in [0.1, 0.15) is 32.6 Å². The van der Waals surface area contributed by atoms with Crippen LogP contribution >= 0.6 is 0 Å². The fraction of sp³-hybridized carbons (Fsp3) is 1.00. The molecule has 2 N–H and O–H groups in total.